The molecule has 0 radical (unpaired) electrons. The van der Waals surface area contributed by atoms with Crippen molar-refractivity contribution >= 4 is 0 Å². The normalized spacial score (nSPS) is 38.2. The van der Waals surface area contributed by atoms with Crippen LogP contribution in [0.1, 0.15) is 19.8 Å². The Hall–Kier alpha value is -0.560. The highest BCUT2D eigenvalue weighted by molar-refractivity contribution is 5.04. The maximum atomic E-state index is 5.88. The molecule has 0 heterocycles. The lowest BCUT2D eigenvalue weighted by atomic mass is 9.96. The Morgan fingerprint density at radius 1 is 1.45 bits per heavy atom. The molecule has 3 atom stereocenters. The van der Waals surface area contributed by atoms with E-state index in [9.17, 15) is 0 Å². The van der Waals surface area contributed by atoms with E-state index in [4.69, 9.17) is 5.73 Å². The average molecular weight is 151 g/mol. The lowest BCUT2D eigenvalue weighted by molar-refractivity contribution is 0.457. The average Bonchev–Trinajstić information content (AvgIpc) is 2.31. The van der Waals surface area contributed by atoms with Gasteiger partial charge < -0.3 is 5.73 Å². The Morgan fingerprint density at radius 3 is 2.64 bits per heavy atom. The van der Waals surface area contributed by atoms with Crippen LogP contribution in [-0.4, -0.2) is 6.04 Å². The zero-order valence-electron chi connectivity index (χ0n) is 7.16. The van der Waals surface area contributed by atoms with Crippen LogP contribution in [0, 0.1) is 11.8 Å². The van der Waals surface area contributed by atoms with E-state index in [-0.39, 0.29) is 0 Å². The summed E-state index contributed by atoms with van der Waals surface area (Å²) < 4.78 is 0. The number of hydrogen-bond acceptors (Lipinski definition) is 1. The third kappa shape index (κ3) is 1.93. The Bertz CT molecular complexity index is 160. The highest BCUT2D eigenvalue weighted by Gasteiger charge is 2.27. The van der Waals surface area contributed by atoms with Gasteiger partial charge in [-0.2, -0.15) is 0 Å². The van der Waals surface area contributed by atoms with Gasteiger partial charge in [-0.3, -0.25) is 0 Å². The Kier molecular flexibility index (Phi) is 2.89. The number of hydrogen-bond donors (Lipinski definition) is 1. The molecule has 3 unspecified atom stereocenters. The van der Waals surface area contributed by atoms with E-state index in [0.29, 0.717) is 17.9 Å². The number of rotatable bonds is 2. The van der Waals surface area contributed by atoms with Gasteiger partial charge in [0.2, 0.25) is 0 Å². The van der Waals surface area contributed by atoms with Crippen molar-refractivity contribution in [2.45, 2.75) is 25.8 Å². The summed E-state index contributed by atoms with van der Waals surface area (Å²) in [6, 6.07) is 0.412. The van der Waals surface area contributed by atoms with E-state index in [1.54, 1.807) is 0 Å². The van der Waals surface area contributed by atoms with Crippen LogP contribution in [0.2, 0.25) is 0 Å². The molecule has 0 aromatic carbocycles. The molecule has 0 aromatic heterocycles. The van der Waals surface area contributed by atoms with Crippen LogP contribution in [0.4, 0.5) is 0 Å². The summed E-state index contributed by atoms with van der Waals surface area (Å²) >= 11 is 0. The van der Waals surface area contributed by atoms with Crippen molar-refractivity contribution in [2.75, 3.05) is 0 Å². The highest BCUT2D eigenvalue weighted by atomic mass is 14.7. The molecule has 0 amide bonds. The molecule has 0 spiro atoms. The fourth-order valence-corrected chi connectivity index (χ4v) is 1.72. The van der Waals surface area contributed by atoms with Gasteiger partial charge in [0.25, 0.3) is 0 Å². The minimum absolute atomic E-state index is 0.412. The molecule has 0 aromatic rings. The molecule has 11 heavy (non-hydrogen) atoms. The molecule has 62 valence electrons. The SMILES string of the molecule is C=C/C=C\C1CCC(N)C1C. The van der Waals surface area contributed by atoms with Crippen LogP contribution in [0.15, 0.2) is 24.8 Å². The number of nitrogens with two attached hydrogens (primary N) is 1. The van der Waals surface area contributed by atoms with Gasteiger partial charge in [-0.25, -0.2) is 0 Å². The first-order valence-electron chi connectivity index (χ1n) is 4.30. The van der Waals surface area contributed by atoms with Crippen LogP contribution >= 0.6 is 0 Å². The quantitative estimate of drug-likeness (QED) is 0.601. The summed E-state index contributed by atoms with van der Waals surface area (Å²) in [5.41, 5.74) is 5.88. The first-order valence-corrected chi connectivity index (χ1v) is 4.30. The van der Waals surface area contributed by atoms with E-state index in [1.165, 1.54) is 12.8 Å². The van der Waals surface area contributed by atoms with E-state index in [1.807, 2.05) is 12.2 Å². The lowest BCUT2D eigenvalue weighted by Gasteiger charge is -2.13. The number of allylic oxidation sites excluding steroid dienone is 3. The molecule has 2 N–H and O–H groups in total. The molecule has 0 bridgehead atoms. The molecular weight excluding hydrogens is 134 g/mol. The van der Waals surface area contributed by atoms with Crippen molar-refractivity contribution in [2.24, 2.45) is 17.6 Å². The third-order valence-corrected chi connectivity index (χ3v) is 2.68. The van der Waals surface area contributed by atoms with Crippen molar-refractivity contribution in [1.82, 2.24) is 0 Å². The van der Waals surface area contributed by atoms with Gasteiger partial charge in [-0.1, -0.05) is 31.7 Å². The molecule has 1 fully saturated rings. The van der Waals surface area contributed by atoms with E-state index in [2.05, 4.69) is 19.6 Å². The minimum Gasteiger partial charge on any atom is -0.327 e. The standard InChI is InChI=1S/C10H17N/c1-3-4-5-9-6-7-10(11)8(9)2/h3-5,8-10H,1,6-7,11H2,2H3/b5-4-. The second kappa shape index (κ2) is 3.72. The molecule has 1 rings (SSSR count). The maximum Gasteiger partial charge on any atom is 0.00703 e. The first-order chi connectivity index (χ1) is 5.25. The zero-order valence-corrected chi connectivity index (χ0v) is 7.16. The molecule has 1 nitrogen and oxygen atoms in total. The third-order valence-electron chi connectivity index (χ3n) is 2.68. The van der Waals surface area contributed by atoms with Gasteiger partial charge in [-0.15, -0.1) is 0 Å². The zero-order chi connectivity index (χ0) is 8.27. The van der Waals surface area contributed by atoms with Gasteiger partial charge >= 0.3 is 0 Å². The van der Waals surface area contributed by atoms with Crippen LogP contribution in [0.3, 0.4) is 0 Å². The molecule has 1 saturated carbocycles. The van der Waals surface area contributed by atoms with Crippen LogP contribution < -0.4 is 5.73 Å². The van der Waals surface area contributed by atoms with Crippen molar-refractivity contribution in [1.29, 1.82) is 0 Å². The maximum absolute atomic E-state index is 5.88. The highest BCUT2D eigenvalue weighted by Crippen LogP contribution is 2.31. The second-order valence-corrected chi connectivity index (χ2v) is 3.38. The van der Waals surface area contributed by atoms with Gasteiger partial charge in [0, 0.05) is 6.04 Å². The Balaban J connectivity index is 2.48. The second-order valence-electron chi connectivity index (χ2n) is 3.38. The Labute approximate surface area is 69.0 Å². The molecule has 0 saturated heterocycles. The van der Waals surface area contributed by atoms with Crippen molar-refractivity contribution < 1.29 is 0 Å². The lowest BCUT2D eigenvalue weighted by Crippen LogP contribution is -2.24. The fourth-order valence-electron chi connectivity index (χ4n) is 1.72. The van der Waals surface area contributed by atoms with Crippen molar-refractivity contribution in [3.63, 3.8) is 0 Å². The summed E-state index contributed by atoms with van der Waals surface area (Å²) in [7, 11) is 0. The summed E-state index contributed by atoms with van der Waals surface area (Å²) in [5, 5.41) is 0. The smallest absolute Gasteiger partial charge is 0.00703 e. The summed E-state index contributed by atoms with van der Waals surface area (Å²) in [6.07, 6.45) is 8.50. The first kappa shape index (κ1) is 8.54. The topological polar surface area (TPSA) is 26.0 Å². The largest absolute Gasteiger partial charge is 0.327 e. The fraction of sp³-hybridized carbons (Fsp3) is 0.600. The monoisotopic (exact) mass is 151 g/mol. The van der Waals surface area contributed by atoms with Gasteiger partial charge in [0.05, 0.1) is 0 Å². The predicted molar refractivity (Wildman–Crippen MR) is 49.2 cm³/mol. The molecule has 1 aliphatic rings. The van der Waals surface area contributed by atoms with Crippen molar-refractivity contribution in [3.8, 4) is 0 Å². The van der Waals surface area contributed by atoms with Crippen LogP contribution in [-0.2, 0) is 0 Å². The van der Waals surface area contributed by atoms with Gasteiger partial charge in [0.1, 0.15) is 0 Å². The molecular formula is C10H17N. The van der Waals surface area contributed by atoms with Gasteiger partial charge in [0.15, 0.2) is 0 Å². The van der Waals surface area contributed by atoms with E-state index in [0.717, 1.165) is 0 Å². The van der Waals surface area contributed by atoms with Crippen LogP contribution in [0.5, 0.6) is 0 Å². The van der Waals surface area contributed by atoms with E-state index >= 15 is 0 Å². The summed E-state index contributed by atoms with van der Waals surface area (Å²) in [6.45, 7) is 5.88. The van der Waals surface area contributed by atoms with E-state index < -0.39 is 0 Å². The van der Waals surface area contributed by atoms with Crippen molar-refractivity contribution in [3.05, 3.63) is 24.8 Å². The molecule has 0 aliphatic heterocycles. The summed E-state index contributed by atoms with van der Waals surface area (Å²) in [4.78, 5) is 0. The Morgan fingerprint density at radius 2 is 2.18 bits per heavy atom. The van der Waals surface area contributed by atoms with Crippen LogP contribution in [0.25, 0.3) is 0 Å². The summed E-state index contributed by atoms with van der Waals surface area (Å²) in [5.74, 6) is 1.33. The minimum atomic E-state index is 0.412. The molecule has 1 aliphatic carbocycles. The predicted octanol–water partition coefficient (Wildman–Crippen LogP) is 2.10. The van der Waals surface area contributed by atoms with Gasteiger partial charge in [-0.05, 0) is 24.7 Å². The molecule has 1 heteroatoms.